The van der Waals surface area contributed by atoms with Gasteiger partial charge in [0.15, 0.2) is 0 Å². The van der Waals surface area contributed by atoms with Crippen molar-refractivity contribution in [2.45, 2.75) is 0 Å². The van der Waals surface area contributed by atoms with Crippen molar-refractivity contribution >= 4 is 22.9 Å². The largest absolute Gasteiger partial charge is 0.497 e. The maximum atomic E-state index is 5.93. The molecule has 1 aromatic carbocycles. The van der Waals surface area contributed by atoms with Gasteiger partial charge in [0, 0.05) is 28.8 Å². The number of thiazole rings is 1. The highest BCUT2D eigenvalue weighted by atomic mass is 35.5. The molecule has 0 unspecified atom stereocenters. The molecule has 0 aliphatic carbocycles. The van der Waals surface area contributed by atoms with Crippen LogP contribution in [0.3, 0.4) is 0 Å². The van der Waals surface area contributed by atoms with Crippen LogP contribution in [0.5, 0.6) is 11.5 Å². The molecule has 22 heavy (non-hydrogen) atoms. The van der Waals surface area contributed by atoms with Crippen molar-refractivity contribution in [1.82, 2.24) is 9.97 Å². The summed E-state index contributed by atoms with van der Waals surface area (Å²) in [5.74, 6) is 1.47. The zero-order chi connectivity index (χ0) is 15.5. The third-order valence-corrected chi connectivity index (χ3v) is 4.26. The minimum absolute atomic E-state index is 0.455. The highest BCUT2D eigenvalue weighted by Gasteiger charge is 2.12. The molecule has 0 spiro atoms. The van der Waals surface area contributed by atoms with E-state index in [9.17, 15) is 0 Å². The van der Waals surface area contributed by atoms with Gasteiger partial charge in [0.25, 0.3) is 0 Å². The number of aromatic nitrogens is 2. The van der Waals surface area contributed by atoms with E-state index in [1.54, 1.807) is 37.8 Å². The van der Waals surface area contributed by atoms with Crippen LogP contribution in [0.1, 0.15) is 0 Å². The van der Waals surface area contributed by atoms with Gasteiger partial charge in [0.1, 0.15) is 21.7 Å². The first-order valence-corrected chi connectivity index (χ1v) is 7.77. The van der Waals surface area contributed by atoms with Gasteiger partial charge in [-0.15, -0.1) is 11.3 Å². The van der Waals surface area contributed by atoms with E-state index in [1.807, 2.05) is 29.6 Å². The average molecular weight is 333 g/mol. The highest BCUT2D eigenvalue weighted by molar-refractivity contribution is 7.13. The summed E-state index contributed by atoms with van der Waals surface area (Å²) >= 11 is 7.48. The Morgan fingerprint density at radius 2 is 1.95 bits per heavy atom. The van der Waals surface area contributed by atoms with E-state index in [2.05, 4.69) is 9.97 Å². The van der Waals surface area contributed by atoms with E-state index in [4.69, 9.17) is 21.1 Å². The normalized spacial score (nSPS) is 10.5. The highest BCUT2D eigenvalue weighted by Crippen LogP contribution is 2.36. The lowest BCUT2D eigenvalue weighted by molar-refractivity contribution is 0.395. The van der Waals surface area contributed by atoms with Gasteiger partial charge in [-0.05, 0) is 24.3 Å². The summed E-state index contributed by atoms with van der Waals surface area (Å²) in [5, 5.41) is 3.34. The summed E-state index contributed by atoms with van der Waals surface area (Å²) in [5.41, 5.74) is 2.72. The molecule has 0 amide bonds. The van der Waals surface area contributed by atoms with Crippen molar-refractivity contribution in [3.05, 3.63) is 47.1 Å². The molecule has 0 bridgehead atoms. The van der Waals surface area contributed by atoms with Crippen molar-refractivity contribution in [2.24, 2.45) is 0 Å². The molecule has 4 nitrogen and oxygen atoms in total. The molecule has 0 radical (unpaired) electrons. The minimum atomic E-state index is 0.455. The third kappa shape index (κ3) is 2.91. The molecule has 6 heteroatoms. The lowest BCUT2D eigenvalue weighted by atomic mass is 10.1. The van der Waals surface area contributed by atoms with Gasteiger partial charge in [0.05, 0.1) is 19.9 Å². The first-order valence-electron chi connectivity index (χ1n) is 6.51. The average Bonchev–Trinajstić information content (AvgIpc) is 3.04. The molecule has 0 fully saturated rings. The van der Waals surface area contributed by atoms with Crippen molar-refractivity contribution in [3.8, 4) is 33.3 Å². The molecular formula is C16H13ClN2O2S. The number of benzene rings is 1. The number of halogens is 1. The number of methoxy groups -OCH3 is 2. The number of nitrogens with zero attached hydrogens (tertiary/aromatic N) is 2. The molecule has 0 atom stereocenters. The van der Waals surface area contributed by atoms with Crippen LogP contribution in [-0.4, -0.2) is 24.2 Å². The van der Waals surface area contributed by atoms with E-state index in [0.29, 0.717) is 5.15 Å². The SMILES string of the molecule is COc1ccc(-c2csc(-c3ccnc(Cl)c3)n2)c(OC)c1. The van der Waals surface area contributed by atoms with Gasteiger partial charge in [0.2, 0.25) is 0 Å². The van der Waals surface area contributed by atoms with E-state index in [0.717, 1.165) is 33.3 Å². The second-order valence-corrected chi connectivity index (χ2v) is 5.72. The standard InChI is InChI=1S/C16H13ClN2O2S/c1-20-11-3-4-12(14(8-11)21-2)13-9-22-16(19-13)10-5-6-18-15(17)7-10/h3-9H,1-2H3. The Balaban J connectivity index is 2.00. The van der Waals surface area contributed by atoms with E-state index in [1.165, 1.54) is 0 Å². The predicted octanol–water partition coefficient (Wildman–Crippen LogP) is 4.54. The van der Waals surface area contributed by atoms with Crippen LogP contribution in [-0.2, 0) is 0 Å². The van der Waals surface area contributed by atoms with Crippen LogP contribution >= 0.6 is 22.9 Å². The Labute approximate surface area is 137 Å². The van der Waals surface area contributed by atoms with Gasteiger partial charge in [-0.2, -0.15) is 0 Å². The maximum absolute atomic E-state index is 5.93. The molecule has 0 saturated heterocycles. The fraction of sp³-hybridized carbons (Fsp3) is 0.125. The molecule has 112 valence electrons. The zero-order valence-corrected chi connectivity index (χ0v) is 13.6. The first-order chi connectivity index (χ1) is 10.7. The van der Waals surface area contributed by atoms with Gasteiger partial charge >= 0.3 is 0 Å². The van der Waals surface area contributed by atoms with Crippen LogP contribution in [0.15, 0.2) is 41.9 Å². The molecule has 3 aromatic rings. The lowest BCUT2D eigenvalue weighted by Crippen LogP contribution is -1.90. The fourth-order valence-corrected chi connectivity index (χ4v) is 3.07. The van der Waals surface area contributed by atoms with Crippen LogP contribution in [0.25, 0.3) is 21.8 Å². The summed E-state index contributed by atoms with van der Waals surface area (Å²) in [6, 6.07) is 9.36. The number of hydrogen-bond donors (Lipinski definition) is 0. The van der Waals surface area contributed by atoms with E-state index >= 15 is 0 Å². The molecule has 0 saturated carbocycles. The van der Waals surface area contributed by atoms with Gasteiger partial charge in [-0.25, -0.2) is 9.97 Å². The van der Waals surface area contributed by atoms with Crippen molar-refractivity contribution in [3.63, 3.8) is 0 Å². The minimum Gasteiger partial charge on any atom is -0.497 e. The molecule has 2 aromatic heterocycles. The topological polar surface area (TPSA) is 44.2 Å². The molecule has 0 aliphatic rings. The first kappa shape index (κ1) is 14.8. The second kappa shape index (κ2) is 6.34. The van der Waals surface area contributed by atoms with Crippen molar-refractivity contribution < 1.29 is 9.47 Å². The van der Waals surface area contributed by atoms with Gasteiger partial charge in [-0.1, -0.05) is 11.6 Å². The van der Waals surface area contributed by atoms with Gasteiger partial charge in [-0.3, -0.25) is 0 Å². The summed E-state index contributed by atoms with van der Waals surface area (Å²) < 4.78 is 10.6. The Morgan fingerprint density at radius 3 is 2.68 bits per heavy atom. The quantitative estimate of drug-likeness (QED) is 0.658. The molecule has 0 N–H and O–H groups in total. The van der Waals surface area contributed by atoms with Crippen LogP contribution in [0, 0.1) is 0 Å². The van der Waals surface area contributed by atoms with Crippen molar-refractivity contribution in [1.29, 1.82) is 0 Å². The Bertz CT molecular complexity index is 804. The summed E-state index contributed by atoms with van der Waals surface area (Å²) in [6.45, 7) is 0. The van der Waals surface area contributed by atoms with Crippen LogP contribution in [0.2, 0.25) is 5.15 Å². The zero-order valence-electron chi connectivity index (χ0n) is 12.0. The molecule has 3 rings (SSSR count). The van der Waals surface area contributed by atoms with Gasteiger partial charge < -0.3 is 9.47 Å². The predicted molar refractivity (Wildman–Crippen MR) is 88.9 cm³/mol. The Morgan fingerprint density at radius 1 is 1.09 bits per heavy atom. The third-order valence-electron chi connectivity index (χ3n) is 3.16. The van der Waals surface area contributed by atoms with Crippen LogP contribution in [0.4, 0.5) is 0 Å². The Hall–Kier alpha value is -2.11. The second-order valence-electron chi connectivity index (χ2n) is 4.47. The Kier molecular flexibility index (Phi) is 4.27. The monoisotopic (exact) mass is 332 g/mol. The fourth-order valence-electron chi connectivity index (χ4n) is 2.08. The number of ether oxygens (including phenoxy) is 2. The number of pyridine rings is 1. The molecular weight excluding hydrogens is 320 g/mol. The van der Waals surface area contributed by atoms with Crippen LogP contribution < -0.4 is 9.47 Å². The smallest absolute Gasteiger partial charge is 0.131 e. The number of rotatable bonds is 4. The van der Waals surface area contributed by atoms with E-state index in [-0.39, 0.29) is 0 Å². The van der Waals surface area contributed by atoms with Crippen molar-refractivity contribution in [2.75, 3.05) is 14.2 Å². The lowest BCUT2D eigenvalue weighted by Gasteiger charge is -2.08. The summed E-state index contributed by atoms with van der Waals surface area (Å²) in [4.78, 5) is 8.65. The number of hydrogen-bond acceptors (Lipinski definition) is 5. The summed E-state index contributed by atoms with van der Waals surface area (Å²) in [7, 11) is 3.26. The molecule has 0 aliphatic heterocycles. The molecule has 2 heterocycles. The van der Waals surface area contributed by atoms with E-state index < -0.39 is 0 Å². The maximum Gasteiger partial charge on any atom is 0.131 e. The summed E-state index contributed by atoms with van der Waals surface area (Å²) in [6.07, 6.45) is 1.67.